The number of halogens is 1. The monoisotopic (exact) mass is 306 g/mol. The lowest BCUT2D eigenvalue weighted by Crippen LogP contribution is -2.63. The summed E-state index contributed by atoms with van der Waals surface area (Å²) in [6, 6.07) is -0.695. The Balaban J connectivity index is 2.73. The van der Waals surface area contributed by atoms with Crippen LogP contribution in [0.25, 0.3) is 0 Å². The van der Waals surface area contributed by atoms with Crippen LogP contribution in [0.2, 0.25) is 0 Å². The maximum absolute atomic E-state index is 11.9. The highest BCUT2D eigenvalue weighted by molar-refractivity contribution is 6.18. The molecule has 1 fully saturated rings. The van der Waals surface area contributed by atoms with Crippen molar-refractivity contribution in [3.8, 4) is 0 Å². The van der Waals surface area contributed by atoms with Crippen molar-refractivity contribution in [2.45, 2.75) is 57.7 Å². The van der Waals surface area contributed by atoms with E-state index in [-0.39, 0.29) is 18.5 Å². The van der Waals surface area contributed by atoms with Crippen LogP contribution in [0.15, 0.2) is 5.29 Å². The Labute approximate surface area is 124 Å². The van der Waals surface area contributed by atoms with E-state index in [9.17, 15) is 14.9 Å². The van der Waals surface area contributed by atoms with Crippen LogP contribution >= 0.6 is 11.6 Å². The Kier molecular flexibility index (Phi) is 5.34. The molecule has 0 spiro atoms. The van der Waals surface area contributed by atoms with E-state index in [1.165, 1.54) is 5.06 Å². The molecule has 2 N–H and O–H groups in total. The molecule has 7 nitrogen and oxygen atoms in total. The molecule has 1 aliphatic rings. The number of rotatable bonds is 4. The highest BCUT2D eigenvalue weighted by Gasteiger charge is 2.45. The topological polar surface area (TPSA) is 85.2 Å². The van der Waals surface area contributed by atoms with E-state index in [1.807, 2.05) is 27.7 Å². The summed E-state index contributed by atoms with van der Waals surface area (Å²) < 4.78 is 0. The zero-order chi connectivity index (χ0) is 15.6. The largest absolute Gasteiger partial charge is 0.340 e. The number of nitroso groups, excluding NO2 is 1. The third kappa shape index (κ3) is 3.80. The normalized spacial score (nSPS) is 22.3. The second-order valence-electron chi connectivity index (χ2n) is 6.39. The van der Waals surface area contributed by atoms with Gasteiger partial charge in [-0.15, -0.1) is 16.5 Å². The van der Waals surface area contributed by atoms with Gasteiger partial charge in [-0.1, -0.05) is 0 Å². The lowest BCUT2D eigenvalue weighted by Gasteiger charge is -2.51. The van der Waals surface area contributed by atoms with Crippen LogP contribution in [-0.4, -0.2) is 50.9 Å². The van der Waals surface area contributed by atoms with Crippen molar-refractivity contribution in [3.05, 3.63) is 4.91 Å². The fourth-order valence-electron chi connectivity index (χ4n) is 2.88. The lowest BCUT2D eigenvalue weighted by atomic mass is 9.79. The first kappa shape index (κ1) is 17.1. The molecule has 0 bridgehead atoms. The van der Waals surface area contributed by atoms with E-state index < -0.39 is 17.1 Å². The molecule has 0 aromatic heterocycles. The summed E-state index contributed by atoms with van der Waals surface area (Å²) in [5, 5.41) is 17.7. The number of amides is 2. The average molecular weight is 307 g/mol. The van der Waals surface area contributed by atoms with Crippen LogP contribution < -0.4 is 5.32 Å². The van der Waals surface area contributed by atoms with Crippen molar-refractivity contribution in [1.29, 1.82) is 0 Å². The number of nitrogens with zero attached hydrogens (tertiary/aromatic N) is 3. The van der Waals surface area contributed by atoms with E-state index in [2.05, 4.69) is 10.6 Å². The summed E-state index contributed by atoms with van der Waals surface area (Å²) in [5.74, 6) is 0.144. The van der Waals surface area contributed by atoms with Gasteiger partial charge in [0.05, 0.1) is 11.8 Å². The van der Waals surface area contributed by atoms with Gasteiger partial charge in [0, 0.05) is 23.0 Å². The zero-order valence-corrected chi connectivity index (χ0v) is 13.1. The van der Waals surface area contributed by atoms with Crippen LogP contribution in [-0.2, 0) is 0 Å². The summed E-state index contributed by atoms with van der Waals surface area (Å²) in [4.78, 5) is 22.5. The third-order valence-corrected chi connectivity index (χ3v) is 3.76. The molecule has 0 aromatic rings. The molecule has 0 saturated carbocycles. The fraction of sp³-hybridized carbons (Fsp3) is 0.917. The minimum absolute atomic E-state index is 0.0719. The zero-order valence-electron chi connectivity index (χ0n) is 12.4. The first-order valence-corrected chi connectivity index (χ1v) is 7.14. The van der Waals surface area contributed by atoms with Gasteiger partial charge in [0.15, 0.2) is 0 Å². The van der Waals surface area contributed by atoms with E-state index in [0.29, 0.717) is 12.8 Å². The van der Waals surface area contributed by atoms with Crippen molar-refractivity contribution in [3.63, 3.8) is 0 Å². The van der Waals surface area contributed by atoms with Gasteiger partial charge in [-0.05, 0) is 40.5 Å². The number of nitrogens with one attached hydrogen (secondary N) is 1. The van der Waals surface area contributed by atoms with Gasteiger partial charge in [-0.2, -0.15) is 10.1 Å². The van der Waals surface area contributed by atoms with Crippen LogP contribution in [0.4, 0.5) is 4.79 Å². The molecule has 2 amide bonds. The maximum atomic E-state index is 11.9. The number of hydroxylamine groups is 2. The number of alkyl halides is 1. The molecule has 0 atom stereocenters. The Morgan fingerprint density at radius 3 is 2.30 bits per heavy atom. The van der Waals surface area contributed by atoms with Crippen LogP contribution in [0.3, 0.4) is 0 Å². The highest BCUT2D eigenvalue weighted by Crippen LogP contribution is 2.36. The van der Waals surface area contributed by atoms with Gasteiger partial charge in [0.25, 0.3) is 0 Å². The number of hydrogen-bond acceptors (Lipinski definition) is 5. The predicted octanol–water partition coefficient (Wildman–Crippen LogP) is 2.33. The molecule has 0 unspecified atom stereocenters. The molecule has 1 heterocycles. The van der Waals surface area contributed by atoms with Gasteiger partial charge in [0.1, 0.15) is 0 Å². The summed E-state index contributed by atoms with van der Waals surface area (Å²) in [7, 11) is 0. The van der Waals surface area contributed by atoms with Crippen LogP contribution in [0.1, 0.15) is 40.5 Å². The molecular formula is C12H23ClN4O3. The highest BCUT2D eigenvalue weighted by atomic mass is 35.5. The van der Waals surface area contributed by atoms with Crippen molar-refractivity contribution < 1.29 is 10.0 Å². The molecule has 1 rings (SSSR count). The first-order chi connectivity index (χ1) is 9.14. The fourth-order valence-corrected chi connectivity index (χ4v) is 3.04. The van der Waals surface area contributed by atoms with E-state index in [4.69, 9.17) is 11.6 Å². The molecule has 116 valence electrons. The number of urea groups is 1. The quantitative estimate of drug-likeness (QED) is 0.474. The van der Waals surface area contributed by atoms with Gasteiger partial charge < -0.3 is 10.5 Å². The van der Waals surface area contributed by atoms with Gasteiger partial charge in [-0.25, -0.2) is 4.79 Å². The van der Waals surface area contributed by atoms with E-state index >= 15 is 0 Å². The summed E-state index contributed by atoms with van der Waals surface area (Å²) >= 11 is 5.51. The smallest absolute Gasteiger partial charge is 0.334 e. The Hall–Kier alpha value is -0.920. The first-order valence-electron chi connectivity index (χ1n) is 6.60. The second kappa shape index (κ2) is 6.24. The molecule has 1 saturated heterocycles. The second-order valence-corrected chi connectivity index (χ2v) is 6.76. The van der Waals surface area contributed by atoms with Crippen molar-refractivity contribution in [2.75, 3.05) is 12.4 Å². The molecule has 0 aliphatic carbocycles. The molecule has 1 aliphatic heterocycles. The Morgan fingerprint density at radius 1 is 1.40 bits per heavy atom. The predicted molar refractivity (Wildman–Crippen MR) is 76.6 cm³/mol. The standard InChI is InChI=1S/C12H23ClN4O3/c1-11(2)7-9(8-12(3,4)17(11)20)14-10(18)16(15-19)6-5-13/h9,20H,5-8H2,1-4H3,(H,14,18). The SMILES string of the molecule is CC1(C)CC(NC(=O)N(CCCl)N=O)CC(C)(C)N1O. The van der Waals surface area contributed by atoms with Crippen LogP contribution in [0.5, 0.6) is 0 Å². The summed E-state index contributed by atoms with van der Waals surface area (Å²) in [5.41, 5.74) is -0.933. The minimum Gasteiger partial charge on any atom is -0.334 e. The molecule has 8 heteroatoms. The Bertz CT molecular complexity index is 358. The number of piperidine rings is 1. The lowest BCUT2D eigenvalue weighted by molar-refractivity contribution is -0.245. The number of carbonyl (C=O) groups is 1. The minimum atomic E-state index is -0.552. The Morgan fingerprint density at radius 2 is 1.90 bits per heavy atom. The van der Waals surface area contributed by atoms with Gasteiger partial charge in [-0.3, -0.25) is 0 Å². The number of hydrogen-bond donors (Lipinski definition) is 2. The summed E-state index contributed by atoms with van der Waals surface area (Å²) in [6.07, 6.45) is 1.15. The van der Waals surface area contributed by atoms with Crippen LogP contribution in [0, 0.1) is 4.91 Å². The third-order valence-electron chi connectivity index (χ3n) is 3.60. The molecule has 0 radical (unpaired) electrons. The van der Waals surface area contributed by atoms with Crippen molar-refractivity contribution in [2.24, 2.45) is 5.29 Å². The van der Waals surface area contributed by atoms with E-state index in [1.54, 1.807) is 0 Å². The maximum Gasteiger partial charge on any atom is 0.340 e. The van der Waals surface area contributed by atoms with Gasteiger partial charge >= 0.3 is 6.03 Å². The van der Waals surface area contributed by atoms with Gasteiger partial charge in [0.2, 0.25) is 0 Å². The van der Waals surface area contributed by atoms with Crippen molar-refractivity contribution in [1.82, 2.24) is 15.4 Å². The summed E-state index contributed by atoms with van der Waals surface area (Å²) in [6.45, 7) is 7.69. The molecular weight excluding hydrogens is 284 g/mol. The van der Waals surface area contributed by atoms with E-state index in [0.717, 1.165) is 5.01 Å². The molecule has 20 heavy (non-hydrogen) atoms. The molecule has 0 aromatic carbocycles. The average Bonchev–Trinajstić information content (AvgIpc) is 2.32. The number of carbonyl (C=O) groups excluding carboxylic acids is 1. The van der Waals surface area contributed by atoms with Crippen molar-refractivity contribution >= 4 is 17.6 Å².